The summed E-state index contributed by atoms with van der Waals surface area (Å²) in [5.41, 5.74) is 8.44. The molecule has 5 heteroatoms. The van der Waals surface area contributed by atoms with E-state index >= 15 is 0 Å². The third-order valence-corrected chi connectivity index (χ3v) is 2.75. The van der Waals surface area contributed by atoms with Crippen molar-refractivity contribution in [2.75, 3.05) is 0 Å². The van der Waals surface area contributed by atoms with Crippen LogP contribution in [-0.2, 0) is 0 Å². The molecule has 0 atom stereocenters. The Morgan fingerprint density at radius 3 is 2.69 bits per heavy atom. The maximum atomic E-state index is 5.67. The van der Waals surface area contributed by atoms with E-state index in [1.807, 2.05) is 30.5 Å². The first kappa shape index (κ1) is 10.8. The van der Waals surface area contributed by atoms with Gasteiger partial charge in [0.15, 0.2) is 0 Å². The van der Waals surface area contributed by atoms with Gasteiger partial charge in [-0.1, -0.05) is 12.2 Å². The molecule has 0 aromatic carbocycles. The van der Waals surface area contributed by atoms with Crippen LogP contribution in [0.4, 0.5) is 0 Å². The van der Waals surface area contributed by atoms with Gasteiger partial charge in [-0.3, -0.25) is 4.57 Å². The van der Waals surface area contributed by atoms with Gasteiger partial charge in [0.25, 0.3) is 0 Å². The minimum atomic E-state index is 0.342. The summed E-state index contributed by atoms with van der Waals surface area (Å²) >= 11 is 5.00. The van der Waals surface area contributed by atoms with E-state index < -0.39 is 0 Å². The summed E-state index contributed by atoms with van der Waals surface area (Å²) in [4.78, 5) is 8.87. The average molecular weight is 232 g/mol. The normalized spacial score (nSPS) is 10.4. The third-order valence-electron chi connectivity index (χ3n) is 2.53. The lowest BCUT2D eigenvalue weighted by Crippen LogP contribution is -2.14. The molecule has 0 saturated heterocycles. The first-order valence-corrected chi connectivity index (χ1v) is 5.28. The van der Waals surface area contributed by atoms with Crippen LogP contribution in [0.5, 0.6) is 0 Å². The van der Waals surface area contributed by atoms with Gasteiger partial charge in [0.05, 0.1) is 11.3 Å². The summed E-state index contributed by atoms with van der Waals surface area (Å²) in [6.07, 6.45) is 3.45. The number of thiocarbonyl (C=S) groups is 1. The number of hydrogen-bond acceptors (Lipinski definition) is 3. The van der Waals surface area contributed by atoms with Crippen LogP contribution in [0.15, 0.2) is 24.7 Å². The molecule has 2 rings (SSSR count). The fraction of sp³-hybridized carbons (Fsp3) is 0.182. The van der Waals surface area contributed by atoms with Crippen LogP contribution in [0, 0.1) is 13.8 Å². The van der Waals surface area contributed by atoms with E-state index in [4.69, 9.17) is 18.0 Å². The Morgan fingerprint density at radius 1 is 1.38 bits per heavy atom. The Labute approximate surface area is 99.1 Å². The molecule has 82 valence electrons. The van der Waals surface area contributed by atoms with Crippen molar-refractivity contribution < 1.29 is 0 Å². The monoisotopic (exact) mass is 232 g/mol. The van der Waals surface area contributed by atoms with Crippen molar-refractivity contribution >= 4 is 17.2 Å². The van der Waals surface area contributed by atoms with Crippen LogP contribution in [0.2, 0.25) is 0 Å². The predicted octanol–water partition coefficient (Wildman–Crippen LogP) is 1.52. The predicted molar refractivity (Wildman–Crippen MR) is 66.7 cm³/mol. The number of nitrogens with two attached hydrogens (primary N) is 1. The number of aryl methyl sites for hydroxylation is 1. The van der Waals surface area contributed by atoms with E-state index in [2.05, 4.69) is 9.97 Å². The molecule has 0 unspecified atom stereocenters. The molecule has 0 spiro atoms. The van der Waals surface area contributed by atoms with Gasteiger partial charge in [0.2, 0.25) is 0 Å². The highest BCUT2D eigenvalue weighted by Gasteiger charge is 2.11. The lowest BCUT2D eigenvalue weighted by molar-refractivity contribution is 0.947. The van der Waals surface area contributed by atoms with Gasteiger partial charge < -0.3 is 5.73 Å². The standard InChI is InChI=1S/C11H12N4S/c1-7-8(2)15(6-14-7)11-9(10(12)16)4-3-5-13-11/h3-6H,1-2H3,(H2,12,16). The quantitative estimate of drug-likeness (QED) is 0.798. The van der Waals surface area contributed by atoms with Crippen LogP contribution in [0.3, 0.4) is 0 Å². The Morgan fingerprint density at radius 2 is 2.12 bits per heavy atom. The van der Waals surface area contributed by atoms with E-state index in [0.717, 1.165) is 22.8 Å². The van der Waals surface area contributed by atoms with Gasteiger partial charge in [0.1, 0.15) is 17.1 Å². The molecule has 0 saturated carbocycles. The second-order valence-corrected chi connectivity index (χ2v) is 3.96. The van der Waals surface area contributed by atoms with Crippen molar-refractivity contribution in [3.8, 4) is 5.82 Å². The molecule has 2 aromatic rings. The number of nitrogens with zero attached hydrogens (tertiary/aromatic N) is 3. The second-order valence-electron chi connectivity index (χ2n) is 3.52. The fourth-order valence-corrected chi connectivity index (χ4v) is 1.65. The van der Waals surface area contributed by atoms with Gasteiger partial charge >= 0.3 is 0 Å². The molecule has 2 N–H and O–H groups in total. The maximum Gasteiger partial charge on any atom is 0.148 e. The number of aromatic nitrogens is 3. The van der Waals surface area contributed by atoms with Crippen molar-refractivity contribution in [2.24, 2.45) is 5.73 Å². The van der Waals surface area contributed by atoms with Gasteiger partial charge in [-0.2, -0.15) is 0 Å². The highest BCUT2D eigenvalue weighted by atomic mass is 32.1. The second kappa shape index (κ2) is 4.02. The summed E-state index contributed by atoms with van der Waals surface area (Å²) in [5.74, 6) is 0.730. The molecule has 4 nitrogen and oxygen atoms in total. The Hall–Kier alpha value is -1.75. The van der Waals surface area contributed by atoms with Crippen LogP contribution >= 0.6 is 12.2 Å². The first-order chi connectivity index (χ1) is 7.61. The summed E-state index contributed by atoms with van der Waals surface area (Å²) < 4.78 is 1.89. The summed E-state index contributed by atoms with van der Waals surface area (Å²) in [5, 5.41) is 0. The van der Waals surface area contributed by atoms with Crippen molar-refractivity contribution in [1.82, 2.24) is 14.5 Å². The van der Waals surface area contributed by atoms with Gasteiger partial charge in [-0.25, -0.2) is 9.97 Å². The van der Waals surface area contributed by atoms with Crippen molar-refractivity contribution in [1.29, 1.82) is 0 Å². The number of hydrogen-bond donors (Lipinski definition) is 1. The Bertz CT molecular complexity index is 545. The van der Waals surface area contributed by atoms with Crippen LogP contribution in [-0.4, -0.2) is 19.5 Å². The molecular weight excluding hydrogens is 220 g/mol. The zero-order chi connectivity index (χ0) is 11.7. The number of rotatable bonds is 2. The van der Waals surface area contributed by atoms with Crippen molar-refractivity contribution in [3.05, 3.63) is 41.6 Å². The largest absolute Gasteiger partial charge is 0.389 e. The highest BCUT2D eigenvalue weighted by molar-refractivity contribution is 7.80. The molecule has 0 aliphatic carbocycles. The third kappa shape index (κ3) is 1.69. The SMILES string of the molecule is Cc1ncn(-c2ncccc2C(N)=S)c1C. The van der Waals surface area contributed by atoms with E-state index in [0.29, 0.717) is 4.99 Å². The number of pyridine rings is 1. The molecule has 0 amide bonds. The van der Waals surface area contributed by atoms with Crippen LogP contribution in [0.25, 0.3) is 5.82 Å². The molecule has 0 aliphatic heterocycles. The minimum Gasteiger partial charge on any atom is -0.389 e. The molecule has 16 heavy (non-hydrogen) atoms. The average Bonchev–Trinajstić information content (AvgIpc) is 2.60. The zero-order valence-electron chi connectivity index (χ0n) is 9.14. The summed E-state index contributed by atoms with van der Waals surface area (Å²) in [7, 11) is 0. The van der Waals surface area contributed by atoms with Crippen molar-refractivity contribution in [3.63, 3.8) is 0 Å². The van der Waals surface area contributed by atoms with Gasteiger partial charge in [-0.15, -0.1) is 0 Å². The van der Waals surface area contributed by atoms with Crippen LogP contribution < -0.4 is 5.73 Å². The van der Waals surface area contributed by atoms with Crippen LogP contribution in [0.1, 0.15) is 17.0 Å². The summed E-state index contributed by atoms with van der Waals surface area (Å²) in [6.45, 7) is 3.94. The first-order valence-electron chi connectivity index (χ1n) is 4.87. The van der Waals surface area contributed by atoms with E-state index in [-0.39, 0.29) is 0 Å². The fourth-order valence-electron chi connectivity index (χ4n) is 1.49. The minimum absolute atomic E-state index is 0.342. The Kier molecular flexibility index (Phi) is 2.70. The molecular formula is C11H12N4S. The van der Waals surface area contributed by atoms with E-state index in [1.165, 1.54) is 0 Å². The molecule has 0 radical (unpaired) electrons. The molecule has 0 bridgehead atoms. The lowest BCUT2D eigenvalue weighted by Gasteiger charge is -2.09. The zero-order valence-corrected chi connectivity index (χ0v) is 9.95. The van der Waals surface area contributed by atoms with E-state index in [9.17, 15) is 0 Å². The Balaban J connectivity index is 2.64. The van der Waals surface area contributed by atoms with Gasteiger partial charge in [0, 0.05) is 11.9 Å². The maximum absolute atomic E-state index is 5.67. The lowest BCUT2D eigenvalue weighted by atomic mass is 10.2. The highest BCUT2D eigenvalue weighted by Crippen LogP contribution is 2.15. The molecule has 0 fully saturated rings. The molecule has 2 aromatic heterocycles. The molecule has 0 aliphatic rings. The van der Waals surface area contributed by atoms with Gasteiger partial charge in [-0.05, 0) is 26.0 Å². The van der Waals surface area contributed by atoms with E-state index in [1.54, 1.807) is 12.5 Å². The molecule has 2 heterocycles. The van der Waals surface area contributed by atoms with Crippen molar-refractivity contribution in [2.45, 2.75) is 13.8 Å². The smallest absolute Gasteiger partial charge is 0.148 e. The topological polar surface area (TPSA) is 56.7 Å². The summed E-state index contributed by atoms with van der Waals surface area (Å²) in [6, 6.07) is 3.68. The number of imidazole rings is 1.